The summed E-state index contributed by atoms with van der Waals surface area (Å²) in [7, 11) is 0. The molecule has 3 aliphatic rings. The Morgan fingerprint density at radius 2 is 1.81 bits per heavy atom. The molecular formula is C31H35F3N2O6. The van der Waals surface area contributed by atoms with Crippen LogP contribution in [0.4, 0.5) is 18.9 Å². The molecular weight excluding hydrogens is 553 g/mol. The zero-order valence-corrected chi connectivity index (χ0v) is 24.0. The number of ether oxygens (including phenoxy) is 2. The number of benzene rings is 2. The van der Waals surface area contributed by atoms with Gasteiger partial charge in [-0.1, -0.05) is 45.0 Å². The number of alkyl halides is 3. The molecule has 1 saturated heterocycles. The monoisotopic (exact) mass is 588 g/mol. The van der Waals surface area contributed by atoms with Gasteiger partial charge in [0.25, 0.3) is 5.91 Å². The highest BCUT2D eigenvalue weighted by Crippen LogP contribution is 2.50. The number of halogens is 3. The lowest BCUT2D eigenvalue weighted by Gasteiger charge is -2.44. The molecule has 5 rings (SSSR count). The van der Waals surface area contributed by atoms with Crippen molar-refractivity contribution < 1.29 is 42.1 Å². The smallest absolute Gasteiger partial charge is 0.416 e. The predicted octanol–water partition coefficient (Wildman–Crippen LogP) is 5.36. The summed E-state index contributed by atoms with van der Waals surface area (Å²) in [5.41, 5.74) is -0.158. The highest BCUT2D eigenvalue weighted by molar-refractivity contribution is 6.02. The summed E-state index contributed by atoms with van der Waals surface area (Å²) in [6, 6.07) is 8.03. The highest BCUT2D eigenvalue weighted by Gasteiger charge is 2.49. The first-order valence-electron chi connectivity index (χ1n) is 14.1. The number of hydrogen-bond acceptors (Lipinski definition) is 5. The zero-order chi connectivity index (χ0) is 30.6. The molecule has 1 unspecified atom stereocenters. The quantitative estimate of drug-likeness (QED) is 0.517. The fourth-order valence-electron chi connectivity index (χ4n) is 6.14. The third-order valence-corrected chi connectivity index (χ3v) is 8.33. The molecule has 0 aliphatic carbocycles. The minimum Gasteiger partial charge on any atom is -0.489 e. The minimum absolute atomic E-state index is 0.00114. The van der Waals surface area contributed by atoms with Crippen molar-refractivity contribution >= 4 is 23.5 Å². The van der Waals surface area contributed by atoms with Crippen molar-refractivity contribution in [2.24, 2.45) is 11.3 Å². The molecule has 226 valence electrons. The van der Waals surface area contributed by atoms with E-state index >= 15 is 0 Å². The summed E-state index contributed by atoms with van der Waals surface area (Å²) >= 11 is 0. The van der Waals surface area contributed by atoms with Gasteiger partial charge in [0.15, 0.2) is 0 Å². The second-order valence-electron chi connectivity index (χ2n) is 12.4. The van der Waals surface area contributed by atoms with E-state index in [1.807, 2.05) is 20.8 Å². The number of piperidine rings is 1. The number of carbonyl (C=O) groups excluding carboxylic acids is 2. The summed E-state index contributed by atoms with van der Waals surface area (Å²) in [5, 5.41) is 9.49. The second-order valence-corrected chi connectivity index (χ2v) is 12.4. The van der Waals surface area contributed by atoms with Crippen molar-refractivity contribution in [1.82, 2.24) is 4.90 Å². The van der Waals surface area contributed by atoms with Crippen LogP contribution in [-0.2, 0) is 25.3 Å². The number of amides is 2. The Morgan fingerprint density at radius 3 is 2.48 bits per heavy atom. The van der Waals surface area contributed by atoms with E-state index in [4.69, 9.17) is 9.47 Å². The first-order valence-corrected chi connectivity index (χ1v) is 14.1. The van der Waals surface area contributed by atoms with E-state index in [-0.39, 0.29) is 18.7 Å². The van der Waals surface area contributed by atoms with Crippen molar-refractivity contribution in [2.75, 3.05) is 24.6 Å². The third-order valence-electron chi connectivity index (χ3n) is 8.33. The summed E-state index contributed by atoms with van der Waals surface area (Å²) < 4.78 is 55.3. The van der Waals surface area contributed by atoms with Crippen LogP contribution in [0.15, 0.2) is 36.4 Å². The molecule has 11 heteroatoms. The van der Waals surface area contributed by atoms with Crippen LogP contribution in [-0.4, -0.2) is 59.6 Å². The largest absolute Gasteiger partial charge is 0.489 e. The lowest BCUT2D eigenvalue weighted by atomic mass is 9.83. The number of rotatable bonds is 4. The van der Waals surface area contributed by atoms with Crippen LogP contribution in [0.5, 0.6) is 5.75 Å². The maximum Gasteiger partial charge on any atom is 0.416 e. The fraction of sp³-hybridized carbons (Fsp3) is 0.516. The normalized spacial score (nSPS) is 24.5. The van der Waals surface area contributed by atoms with Gasteiger partial charge in [0.05, 0.1) is 29.6 Å². The van der Waals surface area contributed by atoms with Crippen LogP contribution in [0.25, 0.3) is 0 Å². The van der Waals surface area contributed by atoms with Crippen molar-refractivity contribution in [3.05, 3.63) is 58.7 Å². The maximum absolute atomic E-state index is 14.4. The van der Waals surface area contributed by atoms with Crippen LogP contribution >= 0.6 is 0 Å². The van der Waals surface area contributed by atoms with Crippen LogP contribution in [0.1, 0.15) is 68.4 Å². The van der Waals surface area contributed by atoms with Crippen molar-refractivity contribution in [2.45, 2.75) is 71.4 Å². The molecule has 1 N–H and O–H groups in total. The molecule has 0 bridgehead atoms. The molecule has 0 spiro atoms. The van der Waals surface area contributed by atoms with E-state index in [1.54, 1.807) is 24.0 Å². The SMILES string of the molecule is Cc1cc2c3c(c1)[C@@H](c1ccccc1C(F)(F)F)O[C@H](CC(=O)N1CCCC(C(=O)O)C1)C(=O)N3[C@H](C(C)(C)C)CO2. The maximum atomic E-state index is 14.4. The van der Waals surface area contributed by atoms with Gasteiger partial charge in [0, 0.05) is 18.7 Å². The number of anilines is 1. The molecule has 0 aromatic heterocycles. The first-order chi connectivity index (χ1) is 19.7. The van der Waals surface area contributed by atoms with E-state index in [2.05, 4.69) is 0 Å². The second kappa shape index (κ2) is 10.9. The average Bonchev–Trinajstić information content (AvgIpc) is 3.03. The Hall–Kier alpha value is -3.60. The number of hydrogen-bond donors (Lipinski definition) is 1. The minimum atomic E-state index is -4.70. The van der Waals surface area contributed by atoms with Gasteiger partial charge in [-0.3, -0.25) is 19.3 Å². The fourth-order valence-corrected chi connectivity index (χ4v) is 6.14. The molecule has 2 aromatic carbocycles. The van der Waals surface area contributed by atoms with Crippen LogP contribution < -0.4 is 9.64 Å². The Morgan fingerprint density at radius 1 is 1.10 bits per heavy atom. The molecule has 42 heavy (non-hydrogen) atoms. The Balaban J connectivity index is 1.64. The number of carboxylic acids is 1. The number of aliphatic carboxylic acids is 1. The van der Waals surface area contributed by atoms with Gasteiger partial charge in [-0.15, -0.1) is 0 Å². The molecule has 0 saturated carbocycles. The molecule has 2 amide bonds. The van der Waals surface area contributed by atoms with Gasteiger partial charge in [0.2, 0.25) is 5.91 Å². The van der Waals surface area contributed by atoms with Gasteiger partial charge in [-0.25, -0.2) is 0 Å². The Kier molecular flexibility index (Phi) is 7.76. The molecule has 0 radical (unpaired) electrons. The van der Waals surface area contributed by atoms with Gasteiger partial charge >= 0.3 is 12.1 Å². The average molecular weight is 589 g/mol. The molecule has 4 atom stereocenters. The molecule has 8 nitrogen and oxygen atoms in total. The summed E-state index contributed by atoms with van der Waals surface area (Å²) in [4.78, 5) is 42.5. The summed E-state index contributed by atoms with van der Waals surface area (Å²) in [6.07, 6.45) is -6.96. The standard InChI is InChI=1S/C31H35F3N2O6/c1-17-12-20-26-22(13-17)41-16-24(30(2,3)4)36(26)28(38)23(14-25(37)35-11-7-8-18(15-35)29(39)40)42-27(20)19-9-5-6-10-21(19)31(32,33)34/h5-6,9-10,12-13,18,23-24,27H,7-8,11,14-16H2,1-4H3,(H,39,40)/t18?,23-,24+,27-/m1/s1. The van der Waals surface area contributed by atoms with Crippen molar-refractivity contribution in [3.8, 4) is 5.75 Å². The number of carboxylic acid groups (broad SMARTS) is 1. The first kappa shape index (κ1) is 29.9. The topological polar surface area (TPSA) is 96.4 Å². The summed E-state index contributed by atoms with van der Waals surface area (Å²) in [5.74, 6) is -2.39. The Bertz CT molecular complexity index is 1400. The number of carbonyl (C=O) groups is 3. The van der Waals surface area contributed by atoms with E-state index < -0.39 is 65.5 Å². The number of aryl methyl sites for hydroxylation is 1. The summed E-state index contributed by atoms with van der Waals surface area (Å²) in [6.45, 7) is 8.09. The molecule has 2 aromatic rings. The van der Waals surface area contributed by atoms with Gasteiger partial charge in [-0.2, -0.15) is 13.2 Å². The third kappa shape index (κ3) is 5.58. The Labute approximate surface area is 242 Å². The highest BCUT2D eigenvalue weighted by atomic mass is 19.4. The van der Waals surface area contributed by atoms with E-state index in [0.29, 0.717) is 42.0 Å². The van der Waals surface area contributed by atoms with Crippen molar-refractivity contribution in [3.63, 3.8) is 0 Å². The molecule has 3 aliphatic heterocycles. The van der Waals surface area contributed by atoms with E-state index in [9.17, 15) is 32.7 Å². The predicted molar refractivity (Wildman–Crippen MR) is 147 cm³/mol. The zero-order valence-electron chi connectivity index (χ0n) is 24.0. The van der Waals surface area contributed by atoms with Crippen molar-refractivity contribution in [1.29, 1.82) is 0 Å². The van der Waals surface area contributed by atoms with E-state index in [0.717, 1.165) is 6.07 Å². The lowest BCUT2D eigenvalue weighted by Crippen LogP contribution is -2.56. The van der Waals surface area contributed by atoms with Crippen LogP contribution in [0, 0.1) is 18.3 Å². The van der Waals surface area contributed by atoms with E-state index in [1.165, 1.54) is 23.1 Å². The number of nitrogens with zero attached hydrogens (tertiary/aromatic N) is 2. The van der Waals surface area contributed by atoms with Gasteiger partial charge < -0.3 is 19.5 Å². The van der Waals surface area contributed by atoms with Crippen LogP contribution in [0.3, 0.4) is 0 Å². The lowest BCUT2D eigenvalue weighted by molar-refractivity contribution is -0.150. The molecule has 1 fully saturated rings. The van der Waals surface area contributed by atoms with Crippen LogP contribution in [0.2, 0.25) is 0 Å². The van der Waals surface area contributed by atoms with Gasteiger partial charge in [0.1, 0.15) is 24.6 Å². The van der Waals surface area contributed by atoms with Gasteiger partial charge in [-0.05, 0) is 48.4 Å². The molecule has 3 heterocycles. The number of likely N-dealkylation sites (tertiary alicyclic amines) is 1.